The van der Waals surface area contributed by atoms with E-state index in [4.69, 9.17) is 10.2 Å². The lowest BCUT2D eigenvalue weighted by Gasteiger charge is -2.21. The minimum absolute atomic E-state index is 0.0189. The fourth-order valence-electron chi connectivity index (χ4n) is 1.58. The molecule has 1 aromatic carbocycles. The molecule has 1 atom stereocenters. The van der Waals surface area contributed by atoms with Crippen LogP contribution in [0.5, 0.6) is 11.5 Å². The van der Waals surface area contributed by atoms with Gasteiger partial charge in [-0.25, -0.2) is 0 Å². The van der Waals surface area contributed by atoms with Crippen LogP contribution in [0.15, 0.2) is 18.2 Å². The molecule has 0 aliphatic heterocycles. The maximum absolute atomic E-state index is 9.60. The molecule has 16 heavy (non-hydrogen) atoms. The maximum Gasteiger partial charge on any atom is 0.124 e. The van der Waals surface area contributed by atoms with E-state index < -0.39 is 6.04 Å². The number of hydrogen-bond donors (Lipinski definition) is 5. The topological polar surface area (TPSA) is 93.0 Å². The van der Waals surface area contributed by atoms with Crippen LogP contribution in [0.25, 0.3) is 0 Å². The van der Waals surface area contributed by atoms with Gasteiger partial charge in [-0.05, 0) is 19.1 Å². The first-order chi connectivity index (χ1) is 7.60. The van der Waals surface area contributed by atoms with Crippen molar-refractivity contribution < 1.29 is 20.4 Å². The molecule has 0 saturated heterocycles. The van der Waals surface area contributed by atoms with Crippen LogP contribution in [0.3, 0.4) is 0 Å². The van der Waals surface area contributed by atoms with Gasteiger partial charge in [0.2, 0.25) is 0 Å². The van der Waals surface area contributed by atoms with Crippen LogP contribution in [0, 0.1) is 0 Å². The van der Waals surface area contributed by atoms with E-state index in [0.717, 1.165) is 0 Å². The molecule has 0 fully saturated rings. The molecular formula is C11H17NO4. The molecule has 90 valence electrons. The third-order valence-electron chi connectivity index (χ3n) is 2.42. The zero-order valence-electron chi connectivity index (χ0n) is 9.09. The van der Waals surface area contributed by atoms with Crippen molar-refractivity contribution in [3.8, 4) is 11.5 Å². The molecule has 0 aliphatic carbocycles. The van der Waals surface area contributed by atoms with Crippen molar-refractivity contribution >= 4 is 0 Å². The highest BCUT2D eigenvalue weighted by Gasteiger charge is 2.17. The number of aliphatic hydroxyl groups is 2. The van der Waals surface area contributed by atoms with Gasteiger partial charge in [0.05, 0.1) is 24.8 Å². The van der Waals surface area contributed by atoms with Crippen LogP contribution >= 0.6 is 0 Å². The summed E-state index contributed by atoms with van der Waals surface area (Å²) in [7, 11) is 0. The number of phenols is 2. The van der Waals surface area contributed by atoms with Gasteiger partial charge in [0, 0.05) is 6.04 Å². The number of rotatable bonds is 5. The van der Waals surface area contributed by atoms with E-state index in [0.29, 0.717) is 5.56 Å². The lowest BCUT2D eigenvalue weighted by molar-refractivity contribution is 0.163. The molecule has 0 spiro atoms. The fourth-order valence-corrected chi connectivity index (χ4v) is 1.58. The van der Waals surface area contributed by atoms with Crippen LogP contribution in [-0.2, 0) is 0 Å². The predicted molar refractivity (Wildman–Crippen MR) is 59.3 cm³/mol. The lowest BCUT2D eigenvalue weighted by Crippen LogP contribution is -2.37. The fraction of sp³-hybridized carbons (Fsp3) is 0.455. The Morgan fingerprint density at radius 2 is 1.62 bits per heavy atom. The number of hydrogen-bond acceptors (Lipinski definition) is 5. The van der Waals surface area contributed by atoms with Crippen LogP contribution in [-0.4, -0.2) is 39.7 Å². The second-order valence-electron chi connectivity index (χ2n) is 3.66. The van der Waals surface area contributed by atoms with E-state index in [-0.39, 0.29) is 30.8 Å². The Morgan fingerprint density at radius 3 is 2.06 bits per heavy atom. The summed E-state index contributed by atoms with van der Waals surface area (Å²) in [6.45, 7) is 1.30. The third-order valence-corrected chi connectivity index (χ3v) is 2.42. The van der Waals surface area contributed by atoms with Crippen LogP contribution in [0.1, 0.15) is 18.5 Å². The van der Waals surface area contributed by atoms with E-state index >= 15 is 0 Å². The molecular weight excluding hydrogens is 210 g/mol. The molecule has 0 heterocycles. The smallest absolute Gasteiger partial charge is 0.124 e. The quantitative estimate of drug-likeness (QED) is 0.492. The third kappa shape index (κ3) is 2.85. The van der Waals surface area contributed by atoms with Gasteiger partial charge in [0.25, 0.3) is 0 Å². The van der Waals surface area contributed by atoms with Crippen molar-refractivity contribution in [2.24, 2.45) is 0 Å². The van der Waals surface area contributed by atoms with Crippen molar-refractivity contribution in [1.29, 1.82) is 0 Å². The van der Waals surface area contributed by atoms with Crippen molar-refractivity contribution in [3.63, 3.8) is 0 Å². The molecule has 0 aliphatic rings. The molecule has 0 saturated carbocycles. The number of nitrogens with one attached hydrogen (secondary N) is 1. The van der Waals surface area contributed by atoms with Crippen LogP contribution < -0.4 is 5.32 Å². The first kappa shape index (κ1) is 12.8. The molecule has 1 rings (SSSR count). The second kappa shape index (κ2) is 5.69. The molecule has 5 N–H and O–H groups in total. The summed E-state index contributed by atoms with van der Waals surface area (Å²) in [4.78, 5) is 0. The summed E-state index contributed by atoms with van der Waals surface area (Å²) in [6.07, 6.45) is 0. The Hall–Kier alpha value is -1.30. The van der Waals surface area contributed by atoms with Gasteiger partial charge in [-0.15, -0.1) is 0 Å². The SMILES string of the molecule is CC(NC(CO)CO)c1c(O)cccc1O. The number of aromatic hydroxyl groups is 2. The standard InChI is InChI=1S/C11H17NO4/c1-7(12-8(5-13)6-14)11-9(15)3-2-4-10(11)16/h2-4,7-8,12-16H,5-6H2,1H3. The van der Waals surface area contributed by atoms with Crippen LogP contribution in [0.4, 0.5) is 0 Å². The normalized spacial score (nSPS) is 13.0. The predicted octanol–water partition coefficient (Wildman–Crippen LogP) is 0.102. The van der Waals surface area contributed by atoms with E-state index in [2.05, 4.69) is 5.32 Å². The molecule has 5 heteroatoms. The van der Waals surface area contributed by atoms with E-state index in [1.807, 2.05) is 0 Å². The summed E-state index contributed by atoms with van der Waals surface area (Å²) in [5.74, 6) is -0.0377. The zero-order valence-corrected chi connectivity index (χ0v) is 9.09. The van der Waals surface area contributed by atoms with Gasteiger partial charge >= 0.3 is 0 Å². The maximum atomic E-state index is 9.60. The highest BCUT2D eigenvalue weighted by atomic mass is 16.3. The summed E-state index contributed by atoms with van der Waals surface area (Å²) in [5, 5.41) is 39.9. The molecule has 0 radical (unpaired) electrons. The first-order valence-corrected chi connectivity index (χ1v) is 5.08. The summed E-state index contributed by atoms with van der Waals surface area (Å²) in [5.41, 5.74) is 0.356. The molecule has 0 bridgehead atoms. The summed E-state index contributed by atoms with van der Waals surface area (Å²) < 4.78 is 0. The van der Waals surface area contributed by atoms with Gasteiger partial charge in [-0.1, -0.05) is 6.07 Å². The molecule has 0 aromatic heterocycles. The number of phenolic OH excluding ortho intramolecular Hbond substituents is 2. The average Bonchev–Trinajstić information content (AvgIpc) is 2.25. The monoisotopic (exact) mass is 227 g/mol. The van der Waals surface area contributed by atoms with Gasteiger partial charge in [0.1, 0.15) is 11.5 Å². The summed E-state index contributed by atoms with van der Waals surface area (Å²) >= 11 is 0. The van der Waals surface area contributed by atoms with Crippen LogP contribution in [0.2, 0.25) is 0 Å². The minimum atomic E-state index is -0.478. The minimum Gasteiger partial charge on any atom is -0.507 e. The van der Waals surface area contributed by atoms with Crippen molar-refractivity contribution in [2.45, 2.75) is 19.0 Å². The van der Waals surface area contributed by atoms with Crippen molar-refractivity contribution in [2.75, 3.05) is 13.2 Å². The van der Waals surface area contributed by atoms with Crippen molar-refractivity contribution in [1.82, 2.24) is 5.32 Å². The lowest BCUT2D eigenvalue weighted by atomic mass is 10.1. The van der Waals surface area contributed by atoms with E-state index in [1.54, 1.807) is 6.92 Å². The average molecular weight is 227 g/mol. The molecule has 5 nitrogen and oxygen atoms in total. The molecule has 0 amide bonds. The Bertz CT molecular complexity index is 319. The Kier molecular flexibility index (Phi) is 4.54. The van der Waals surface area contributed by atoms with Gasteiger partial charge < -0.3 is 25.7 Å². The highest BCUT2D eigenvalue weighted by Crippen LogP contribution is 2.32. The molecule has 1 unspecified atom stereocenters. The van der Waals surface area contributed by atoms with Gasteiger partial charge in [-0.2, -0.15) is 0 Å². The Labute approximate surface area is 94.0 Å². The van der Waals surface area contributed by atoms with E-state index in [9.17, 15) is 10.2 Å². The Morgan fingerprint density at radius 1 is 1.12 bits per heavy atom. The van der Waals surface area contributed by atoms with Crippen molar-refractivity contribution in [3.05, 3.63) is 23.8 Å². The van der Waals surface area contributed by atoms with Gasteiger partial charge in [0.15, 0.2) is 0 Å². The number of benzene rings is 1. The highest BCUT2D eigenvalue weighted by molar-refractivity contribution is 5.44. The first-order valence-electron chi connectivity index (χ1n) is 5.08. The zero-order chi connectivity index (χ0) is 12.1. The second-order valence-corrected chi connectivity index (χ2v) is 3.66. The Balaban J connectivity index is 2.83. The largest absolute Gasteiger partial charge is 0.507 e. The van der Waals surface area contributed by atoms with Gasteiger partial charge in [-0.3, -0.25) is 0 Å². The van der Waals surface area contributed by atoms with E-state index in [1.165, 1.54) is 18.2 Å². The number of aliphatic hydroxyl groups excluding tert-OH is 2. The molecule has 1 aromatic rings. The summed E-state index contributed by atoms with van der Waals surface area (Å²) in [6, 6.07) is 3.64.